The lowest BCUT2D eigenvalue weighted by atomic mass is 9.90. The Kier molecular flexibility index (Phi) is 3.15. The Bertz CT molecular complexity index is 317. The molecule has 15 heavy (non-hydrogen) atoms. The summed E-state index contributed by atoms with van der Waals surface area (Å²) in [5, 5.41) is 0.509. The van der Waals surface area contributed by atoms with Gasteiger partial charge < -0.3 is 4.74 Å². The zero-order chi connectivity index (χ0) is 10.7. The standard InChI is InChI=1S/C12H16ClNO/c1-12(6-2-3-7-12)9-15-10-4-5-11(13)14-8-10/h4-5,8H,2-3,6-7,9H2,1H3. The van der Waals surface area contributed by atoms with Crippen LogP contribution < -0.4 is 4.74 Å². The molecule has 0 radical (unpaired) electrons. The molecule has 1 saturated carbocycles. The molecule has 2 nitrogen and oxygen atoms in total. The molecule has 0 unspecified atom stereocenters. The summed E-state index contributed by atoms with van der Waals surface area (Å²) in [6.45, 7) is 3.08. The van der Waals surface area contributed by atoms with E-state index in [-0.39, 0.29) is 0 Å². The van der Waals surface area contributed by atoms with Gasteiger partial charge in [-0.05, 0) is 25.0 Å². The SMILES string of the molecule is CC1(COc2ccc(Cl)nc2)CCCC1. The van der Waals surface area contributed by atoms with Crippen LogP contribution in [0.25, 0.3) is 0 Å². The van der Waals surface area contributed by atoms with Gasteiger partial charge in [-0.25, -0.2) is 4.98 Å². The van der Waals surface area contributed by atoms with Crippen LogP contribution >= 0.6 is 11.6 Å². The molecule has 0 spiro atoms. The summed E-state index contributed by atoms with van der Waals surface area (Å²) in [4.78, 5) is 3.99. The van der Waals surface area contributed by atoms with Gasteiger partial charge in [-0.15, -0.1) is 0 Å². The van der Waals surface area contributed by atoms with Gasteiger partial charge in [-0.3, -0.25) is 0 Å². The monoisotopic (exact) mass is 225 g/mol. The number of pyridine rings is 1. The van der Waals surface area contributed by atoms with E-state index in [0.29, 0.717) is 10.6 Å². The zero-order valence-corrected chi connectivity index (χ0v) is 9.76. The molecule has 2 rings (SSSR count). The third kappa shape index (κ3) is 2.85. The normalized spacial score (nSPS) is 19.1. The first-order chi connectivity index (χ1) is 7.18. The van der Waals surface area contributed by atoms with Gasteiger partial charge in [0.05, 0.1) is 12.8 Å². The number of aromatic nitrogens is 1. The molecule has 0 saturated heterocycles. The highest BCUT2D eigenvalue weighted by Gasteiger charge is 2.29. The average molecular weight is 226 g/mol. The minimum Gasteiger partial charge on any atom is -0.491 e. The first kappa shape index (κ1) is 10.7. The molecule has 0 N–H and O–H groups in total. The molecule has 1 heterocycles. The Morgan fingerprint density at radius 2 is 2.13 bits per heavy atom. The molecule has 1 aliphatic rings. The maximum atomic E-state index is 5.73. The van der Waals surface area contributed by atoms with Gasteiger partial charge in [-0.2, -0.15) is 0 Å². The summed E-state index contributed by atoms with van der Waals surface area (Å²) in [6, 6.07) is 3.63. The molecular formula is C12H16ClNO. The van der Waals surface area contributed by atoms with Gasteiger partial charge in [0.15, 0.2) is 0 Å². The Hall–Kier alpha value is -0.760. The second-order valence-corrected chi connectivity index (χ2v) is 5.01. The van der Waals surface area contributed by atoms with Crippen LogP contribution in [0, 0.1) is 5.41 Å². The second kappa shape index (κ2) is 4.40. The van der Waals surface area contributed by atoms with Crippen LogP contribution in [0.15, 0.2) is 18.3 Å². The number of rotatable bonds is 3. The van der Waals surface area contributed by atoms with Gasteiger partial charge in [0, 0.05) is 5.41 Å². The average Bonchev–Trinajstić information content (AvgIpc) is 2.65. The molecule has 82 valence electrons. The fraction of sp³-hybridized carbons (Fsp3) is 0.583. The van der Waals surface area contributed by atoms with Crippen molar-refractivity contribution in [2.24, 2.45) is 5.41 Å². The summed E-state index contributed by atoms with van der Waals surface area (Å²) in [7, 11) is 0. The van der Waals surface area contributed by atoms with E-state index in [2.05, 4.69) is 11.9 Å². The molecule has 1 aromatic heterocycles. The molecule has 1 aromatic rings. The minimum absolute atomic E-state index is 0.361. The lowest BCUT2D eigenvalue weighted by molar-refractivity contribution is 0.168. The van der Waals surface area contributed by atoms with E-state index in [1.165, 1.54) is 25.7 Å². The highest BCUT2D eigenvalue weighted by atomic mass is 35.5. The molecule has 0 aromatic carbocycles. The van der Waals surface area contributed by atoms with Crippen molar-refractivity contribution in [3.05, 3.63) is 23.5 Å². The smallest absolute Gasteiger partial charge is 0.137 e. The second-order valence-electron chi connectivity index (χ2n) is 4.62. The van der Waals surface area contributed by atoms with Gasteiger partial charge in [0.25, 0.3) is 0 Å². The minimum atomic E-state index is 0.361. The molecule has 1 aliphatic carbocycles. The summed E-state index contributed by atoms with van der Waals surface area (Å²) in [6.07, 6.45) is 6.89. The van der Waals surface area contributed by atoms with Crippen LogP contribution in [0.2, 0.25) is 5.15 Å². The largest absolute Gasteiger partial charge is 0.491 e. The zero-order valence-electron chi connectivity index (χ0n) is 9.00. The van der Waals surface area contributed by atoms with E-state index >= 15 is 0 Å². The number of hydrogen-bond acceptors (Lipinski definition) is 2. The van der Waals surface area contributed by atoms with Crippen molar-refractivity contribution < 1.29 is 4.74 Å². The van der Waals surface area contributed by atoms with Crippen molar-refractivity contribution in [3.63, 3.8) is 0 Å². The fourth-order valence-corrected chi connectivity index (χ4v) is 2.19. The number of hydrogen-bond donors (Lipinski definition) is 0. The number of halogens is 1. The van der Waals surface area contributed by atoms with Crippen molar-refractivity contribution in [1.29, 1.82) is 0 Å². The van der Waals surface area contributed by atoms with E-state index in [1.54, 1.807) is 12.3 Å². The molecule has 0 aliphatic heterocycles. The topological polar surface area (TPSA) is 22.1 Å². The van der Waals surface area contributed by atoms with Crippen molar-refractivity contribution in [2.45, 2.75) is 32.6 Å². The van der Waals surface area contributed by atoms with Crippen molar-refractivity contribution in [2.75, 3.05) is 6.61 Å². The fourth-order valence-electron chi connectivity index (χ4n) is 2.08. The van der Waals surface area contributed by atoms with Crippen LogP contribution in [0.5, 0.6) is 5.75 Å². The first-order valence-corrected chi connectivity index (χ1v) is 5.80. The highest BCUT2D eigenvalue weighted by Crippen LogP contribution is 2.37. The van der Waals surface area contributed by atoms with Gasteiger partial charge >= 0.3 is 0 Å². The lowest BCUT2D eigenvalue weighted by Crippen LogP contribution is -2.21. The molecular weight excluding hydrogens is 210 g/mol. The number of ether oxygens (including phenoxy) is 1. The van der Waals surface area contributed by atoms with E-state index in [1.807, 2.05) is 6.07 Å². The lowest BCUT2D eigenvalue weighted by Gasteiger charge is -2.23. The Balaban J connectivity index is 1.90. The van der Waals surface area contributed by atoms with Crippen molar-refractivity contribution in [1.82, 2.24) is 4.98 Å². The molecule has 3 heteroatoms. The van der Waals surface area contributed by atoms with Crippen molar-refractivity contribution in [3.8, 4) is 5.75 Å². The predicted molar refractivity (Wildman–Crippen MR) is 61.3 cm³/mol. The molecule has 0 bridgehead atoms. The predicted octanol–water partition coefficient (Wildman–Crippen LogP) is 3.69. The quantitative estimate of drug-likeness (QED) is 0.732. The van der Waals surface area contributed by atoms with Gasteiger partial charge in [0.1, 0.15) is 10.9 Å². The Morgan fingerprint density at radius 1 is 1.40 bits per heavy atom. The number of nitrogens with zero attached hydrogens (tertiary/aromatic N) is 1. The van der Waals surface area contributed by atoms with E-state index in [0.717, 1.165) is 12.4 Å². The molecule has 1 fully saturated rings. The van der Waals surface area contributed by atoms with Crippen LogP contribution in [0.1, 0.15) is 32.6 Å². The Morgan fingerprint density at radius 3 is 2.73 bits per heavy atom. The van der Waals surface area contributed by atoms with Gasteiger partial charge in [0.2, 0.25) is 0 Å². The Labute approximate surface area is 95.6 Å². The summed E-state index contributed by atoms with van der Waals surface area (Å²) in [5.41, 5.74) is 0.361. The van der Waals surface area contributed by atoms with E-state index in [9.17, 15) is 0 Å². The molecule has 0 atom stereocenters. The van der Waals surface area contributed by atoms with E-state index < -0.39 is 0 Å². The maximum Gasteiger partial charge on any atom is 0.137 e. The summed E-state index contributed by atoms with van der Waals surface area (Å²) < 4.78 is 5.73. The van der Waals surface area contributed by atoms with Crippen LogP contribution in [0.4, 0.5) is 0 Å². The summed E-state index contributed by atoms with van der Waals surface area (Å²) >= 11 is 5.70. The van der Waals surface area contributed by atoms with Crippen molar-refractivity contribution >= 4 is 11.6 Å². The third-order valence-corrected chi connectivity index (χ3v) is 3.32. The maximum absolute atomic E-state index is 5.73. The van der Waals surface area contributed by atoms with Crippen LogP contribution in [0.3, 0.4) is 0 Å². The van der Waals surface area contributed by atoms with Crippen LogP contribution in [-0.2, 0) is 0 Å². The first-order valence-electron chi connectivity index (χ1n) is 5.42. The third-order valence-electron chi connectivity index (χ3n) is 3.10. The van der Waals surface area contributed by atoms with Gasteiger partial charge in [-0.1, -0.05) is 31.4 Å². The summed E-state index contributed by atoms with van der Waals surface area (Å²) in [5.74, 6) is 0.813. The highest BCUT2D eigenvalue weighted by molar-refractivity contribution is 6.29. The molecule has 0 amide bonds. The van der Waals surface area contributed by atoms with E-state index in [4.69, 9.17) is 16.3 Å². The van der Waals surface area contributed by atoms with Crippen LogP contribution in [-0.4, -0.2) is 11.6 Å².